The van der Waals surface area contributed by atoms with Crippen molar-refractivity contribution in [1.29, 1.82) is 0 Å². The Morgan fingerprint density at radius 2 is 2.21 bits per heavy atom. The van der Waals surface area contributed by atoms with Crippen LogP contribution in [-0.4, -0.2) is 24.9 Å². The lowest BCUT2D eigenvalue weighted by molar-refractivity contribution is 0.275. The number of nitrogen functional groups attached to an aromatic ring is 1. The molecule has 0 aliphatic rings. The van der Waals surface area contributed by atoms with Gasteiger partial charge in [-0.05, 0) is 24.6 Å². The molecule has 14 heavy (non-hydrogen) atoms. The molecule has 0 saturated carbocycles. The van der Waals surface area contributed by atoms with Gasteiger partial charge in [-0.3, -0.25) is 0 Å². The SMILES string of the molecule is CNN(C)/N=C(\C)c1cccc(N)c1. The second-order valence-corrected chi connectivity index (χ2v) is 3.06. The van der Waals surface area contributed by atoms with Crippen LogP contribution in [0, 0.1) is 0 Å². The molecular weight excluding hydrogens is 176 g/mol. The summed E-state index contributed by atoms with van der Waals surface area (Å²) in [6.07, 6.45) is 0. The van der Waals surface area contributed by atoms with Crippen LogP contribution in [0.25, 0.3) is 0 Å². The van der Waals surface area contributed by atoms with E-state index < -0.39 is 0 Å². The summed E-state index contributed by atoms with van der Waals surface area (Å²) in [6.45, 7) is 1.95. The van der Waals surface area contributed by atoms with Crippen LogP contribution in [0.15, 0.2) is 29.4 Å². The molecule has 76 valence electrons. The van der Waals surface area contributed by atoms with Gasteiger partial charge in [0.05, 0.1) is 5.71 Å². The predicted octanol–water partition coefficient (Wildman–Crippen LogP) is 1.06. The lowest BCUT2D eigenvalue weighted by Crippen LogP contribution is -2.26. The molecule has 0 fully saturated rings. The van der Waals surface area contributed by atoms with E-state index >= 15 is 0 Å². The van der Waals surface area contributed by atoms with Gasteiger partial charge in [0.1, 0.15) is 0 Å². The van der Waals surface area contributed by atoms with Crippen LogP contribution < -0.4 is 11.2 Å². The average Bonchev–Trinajstić information content (AvgIpc) is 2.17. The van der Waals surface area contributed by atoms with Gasteiger partial charge in [0, 0.05) is 19.8 Å². The number of nitrogens with zero attached hydrogens (tertiary/aromatic N) is 2. The smallest absolute Gasteiger partial charge is 0.0662 e. The molecule has 1 aromatic carbocycles. The minimum Gasteiger partial charge on any atom is -0.399 e. The average molecular weight is 192 g/mol. The Morgan fingerprint density at radius 3 is 2.79 bits per heavy atom. The van der Waals surface area contributed by atoms with E-state index in [1.54, 1.807) is 5.12 Å². The number of anilines is 1. The molecule has 0 aromatic heterocycles. The van der Waals surface area contributed by atoms with Crippen LogP contribution in [0.4, 0.5) is 5.69 Å². The second-order valence-electron chi connectivity index (χ2n) is 3.06. The Morgan fingerprint density at radius 1 is 1.50 bits per heavy atom. The number of hydrazone groups is 1. The highest BCUT2D eigenvalue weighted by Crippen LogP contribution is 2.07. The standard InChI is InChI=1S/C10H16N4/c1-8(13-14(3)12-2)9-5-4-6-10(11)7-9/h4-7,12H,11H2,1-3H3/b13-8+. The van der Waals surface area contributed by atoms with E-state index in [1.807, 2.05) is 45.3 Å². The fourth-order valence-electron chi connectivity index (χ4n) is 1.10. The first kappa shape index (κ1) is 10.5. The largest absolute Gasteiger partial charge is 0.399 e. The molecule has 4 nitrogen and oxygen atoms in total. The molecule has 0 saturated heterocycles. The Bertz CT molecular complexity index is 333. The molecule has 3 N–H and O–H groups in total. The van der Waals surface area contributed by atoms with E-state index in [0.29, 0.717) is 0 Å². The van der Waals surface area contributed by atoms with Crippen LogP contribution >= 0.6 is 0 Å². The summed E-state index contributed by atoms with van der Waals surface area (Å²) in [7, 11) is 3.66. The summed E-state index contributed by atoms with van der Waals surface area (Å²) in [5.74, 6) is 0. The summed E-state index contributed by atoms with van der Waals surface area (Å²) in [5.41, 5.74) is 11.3. The molecule has 0 radical (unpaired) electrons. The summed E-state index contributed by atoms with van der Waals surface area (Å²) < 4.78 is 0. The van der Waals surface area contributed by atoms with E-state index in [4.69, 9.17) is 5.73 Å². The number of rotatable bonds is 3. The van der Waals surface area contributed by atoms with E-state index in [-0.39, 0.29) is 0 Å². The maximum Gasteiger partial charge on any atom is 0.0662 e. The Kier molecular flexibility index (Phi) is 3.48. The zero-order chi connectivity index (χ0) is 10.6. The van der Waals surface area contributed by atoms with Gasteiger partial charge in [0.2, 0.25) is 0 Å². The predicted molar refractivity (Wildman–Crippen MR) is 59.9 cm³/mol. The second kappa shape index (κ2) is 4.62. The lowest BCUT2D eigenvalue weighted by atomic mass is 10.1. The van der Waals surface area contributed by atoms with Crippen molar-refractivity contribution in [3.8, 4) is 0 Å². The Labute approximate surface area is 84.4 Å². The first-order valence-electron chi connectivity index (χ1n) is 4.45. The van der Waals surface area contributed by atoms with Crippen LogP contribution in [-0.2, 0) is 0 Å². The number of hydrazine groups is 1. The first-order chi connectivity index (χ1) is 6.63. The fraction of sp³-hybridized carbons (Fsp3) is 0.300. The molecule has 0 heterocycles. The first-order valence-corrected chi connectivity index (χ1v) is 4.45. The minimum atomic E-state index is 0.754. The van der Waals surface area contributed by atoms with Crippen LogP contribution in [0.2, 0.25) is 0 Å². The number of benzene rings is 1. The molecule has 0 bridgehead atoms. The van der Waals surface area contributed by atoms with E-state index in [9.17, 15) is 0 Å². The molecule has 0 unspecified atom stereocenters. The van der Waals surface area contributed by atoms with Crippen molar-refractivity contribution < 1.29 is 0 Å². The van der Waals surface area contributed by atoms with E-state index in [0.717, 1.165) is 17.0 Å². The molecule has 0 amide bonds. The van der Waals surface area contributed by atoms with Crippen molar-refractivity contribution >= 4 is 11.4 Å². The number of nitrogens with two attached hydrogens (primary N) is 1. The topological polar surface area (TPSA) is 53.6 Å². The third-order valence-corrected chi connectivity index (χ3v) is 1.93. The molecular formula is C10H16N4. The number of nitrogens with one attached hydrogen (secondary N) is 1. The number of hydrogen-bond donors (Lipinski definition) is 2. The Balaban J connectivity index is 2.88. The van der Waals surface area contributed by atoms with Crippen molar-refractivity contribution in [1.82, 2.24) is 10.5 Å². The highest BCUT2D eigenvalue weighted by molar-refractivity contribution is 5.99. The normalized spacial score (nSPS) is 11.5. The van der Waals surface area contributed by atoms with Gasteiger partial charge in [-0.1, -0.05) is 12.1 Å². The lowest BCUT2D eigenvalue weighted by Gasteiger charge is -2.12. The van der Waals surface area contributed by atoms with Gasteiger partial charge in [-0.2, -0.15) is 5.10 Å². The van der Waals surface area contributed by atoms with Crippen LogP contribution in [0.5, 0.6) is 0 Å². The summed E-state index contributed by atoms with van der Waals surface area (Å²) in [6, 6.07) is 7.67. The zero-order valence-corrected chi connectivity index (χ0v) is 8.78. The van der Waals surface area contributed by atoms with Crippen LogP contribution in [0.3, 0.4) is 0 Å². The van der Waals surface area contributed by atoms with E-state index in [1.165, 1.54) is 0 Å². The summed E-state index contributed by atoms with van der Waals surface area (Å²) in [5, 5.41) is 5.94. The quantitative estimate of drug-likeness (QED) is 0.428. The van der Waals surface area contributed by atoms with Gasteiger partial charge in [0.15, 0.2) is 0 Å². The van der Waals surface area contributed by atoms with Crippen molar-refractivity contribution in [2.75, 3.05) is 19.8 Å². The van der Waals surface area contributed by atoms with Crippen LogP contribution in [0.1, 0.15) is 12.5 Å². The molecule has 0 atom stereocenters. The third-order valence-electron chi connectivity index (χ3n) is 1.93. The highest BCUT2D eigenvalue weighted by Gasteiger charge is 1.98. The molecule has 4 heteroatoms. The summed E-state index contributed by atoms with van der Waals surface area (Å²) in [4.78, 5) is 0. The monoisotopic (exact) mass is 192 g/mol. The summed E-state index contributed by atoms with van der Waals surface area (Å²) >= 11 is 0. The maximum absolute atomic E-state index is 5.68. The van der Waals surface area contributed by atoms with Crippen molar-refractivity contribution in [3.63, 3.8) is 0 Å². The highest BCUT2D eigenvalue weighted by atomic mass is 15.7. The molecule has 1 rings (SSSR count). The minimum absolute atomic E-state index is 0.754. The van der Waals surface area contributed by atoms with Crippen molar-refractivity contribution in [2.24, 2.45) is 5.10 Å². The fourth-order valence-corrected chi connectivity index (χ4v) is 1.10. The molecule has 0 spiro atoms. The third kappa shape index (κ3) is 2.74. The van der Waals surface area contributed by atoms with Gasteiger partial charge in [0.25, 0.3) is 0 Å². The van der Waals surface area contributed by atoms with E-state index in [2.05, 4.69) is 10.5 Å². The van der Waals surface area contributed by atoms with Crippen molar-refractivity contribution in [3.05, 3.63) is 29.8 Å². The van der Waals surface area contributed by atoms with Gasteiger partial charge >= 0.3 is 0 Å². The molecule has 1 aromatic rings. The Hall–Kier alpha value is -1.55. The van der Waals surface area contributed by atoms with Gasteiger partial charge in [-0.25, -0.2) is 10.5 Å². The van der Waals surface area contributed by atoms with Gasteiger partial charge in [-0.15, -0.1) is 0 Å². The zero-order valence-electron chi connectivity index (χ0n) is 8.78. The molecule has 0 aliphatic carbocycles. The maximum atomic E-state index is 5.68. The van der Waals surface area contributed by atoms with Gasteiger partial charge < -0.3 is 5.73 Å². The van der Waals surface area contributed by atoms with Crippen molar-refractivity contribution in [2.45, 2.75) is 6.92 Å². The number of hydrogen-bond acceptors (Lipinski definition) is 4. The molecule has 0 aliphatic heterocycles.